The first-order valence-electron chi connectivity index (χ1n) is 7.04. The van der Waals surface area contributed by atoms with Gasteiger partial charge in [0.1, 0.15) is 5.69 Å². The molecule has 0 unspecified atom stereocenters. The van der Waals surface area contributed by atoms with Gasteiger partial charge in [0.25, 0.3) is 11.5 Å². The van der Waals surface area contributed by atoms with E-state index in [1.807, 2.05) is 6.92 Å². The normalized spacial score (nSPS) is 11.3. The lowest BCUT2D eigenvalue weighted by Gasteiger charge is -2.13. The molecule has 0 radical (unpaired) electrons. The van der Waals surface area contributed by atoms with Crippen LogP contribution in [0.4, 0.5) is 5.95 Å². The number of aromatic nitrogens is 2. The molecule has 128 valence electrons. The van der Waals surface area contributed by atoms with Crippen molar-refractivity contribution < 1.29 is 13.2 Å². The Balaban J connectivity index is 2.37. The van der Waals surface area contributed by atoms with Crippen LogP contribution in [0.5, 0.6) is 0 Å². The number of rotatable bonds is 5. The van der Waals surface area contributed by atoms with Crippen LogP contribution < -0.4 is 16.0 Å². The summed E-state index contributed by atoms with van der Waals surface area (Å²) in [6.07, 6.45) is 0. The number of primary amides is 1. The van der Waals surface area contributed by atoms with Gasteiger partial charge < -0.3 is 5.73 Å². The van der Waals surface area contributed by atoms with E-state index in [1.165, 1.54) is 14.0 Å². The Morgan fingerprint density at radius 3 is 2.38 bits per heavy atom. The summed E-state index contributed by atoms with van der Waals surface area (Å²) in [5.41, 5.74) is 6.03. The maximum Gasteiger partial charge on any atom is 0.267 e. The lowest BCUT2D eigenvalue weighted by Crippen LogP contribution is -2.31. The monoisotopic (exact) mass is 350 g/mol. The first kappa shape index (κ1) is 17.7. The first-order valence-corrected chi connectivity index (χ1v) is 8.69. The van der Waals surface area contributed by atoms with Crippen LogP contribution in [-0.2, 0) is 22.8 Å². The van der Waals surface area contributed by atoms with Gasteiger partial charge in [-0.3, -0.25) is 18.9 Å². The van der Waals surface area contributed by atoms with E-state index in [0.29, 0.717) is 5.56 Å². The maximum absolute atomic E-state index is 12.3. The number of hydrogen-bond donors (Lipinski definition) is 2. The highest BCUT2D eigenvalue weighted by Crippen LogP contribution is 2.12. The minimum Gasteiger partial charge on any atom is -0.364 e. The molecular formula is C15H18N4O4S. The van der Waals surface area contributed by atoms with Crippen LogP contribution in [0.3, 0.4) is 0 Å². The molecule has 0 aliphatic heterocycles. The molecule has 8 nitrogen and oxygen atoms in total. The zero-order valence-corrected chi connectivity index (χ0v) is 14.3. The number of benzene rings is 1. The minimum absolute atomic E-state index is 0.0616. The summed E-state index contributed by atoms with van der Waals surface area (Å²) >= 11 is 0. The number of nitrogens with one attached hydrogen (secondary N) is 1. The third kappa shape index (κ3) is 3.80. The van der Waals surface area contributed by atoms with Crippen molar-refractivity contribution in [3.8, 4) is 0 Å². The van der Waals surface area contributed by atoms with E-state index in [0.717, 1.165) is 10.1 Å². The third-order valence-electron chi connectivity index (χ3n) is 3.47. The SMILES string of the molecule is Cc1ccc(CS(=O)(=O)Nc2nc(C(N)=O)c(C)c(=O)n2C)cc1. The van der Waals surface area contributed by atoms with Crippen molar-refractivity contribution in [1.29, 1.82) is 0 Å². The lowest BCUT2D eigenvalue weighted by molar-refractivity contribution is 0.0994. The van der Waals surface area contributed by atoms with Gasteiger partial charge in [-0.05, 0) is 19.4 Å². The molecule has 2 aromatic rings. The average Bonchev–Trinajstić information content (AvgIpc) is 2.49. The zero-order chi connectivity index (χ0) is 18.1. The molecule has 0 saturated carbocycles. The summed E-state index contributed by atoms with van der Waals surface area (Å²) < 4.78 is 27.9. The van der Waals surface area contributed by atoms with Crippen LogP contribution in [0.15, 0.2) is 29.1 Å². The summed E-state index contributed by atoms with van der Waals surface area (Å²) in [5.74, 6) is -1.45. The lowest BCUT2D eigenvalue weighted by atomic mass is 10.2. The fourth-order valence-electron chi connectivity index (χ4n) is 2.12. The summed E-state index contributed by atoms with van der Waals surface area (Å²) in [4.78, 5) is 27.3. The predicted molar refractivity (Wildman–Crippen MR) is 90.2 cm³/mol. The van der Waals surface area contributed by atoms with Gasteiger partial charge in [0.15, 0.2) is 0 Å². The number of nitrogens with two attached hydrogens (primary N) is 1. The molecule has 1 aromatic heterocycles. The Morgan fingerprint density at radius 1 is 1.25 bits per heavy atom. The van der Waals surface area contributed by atoms with E-state index in [-0.39, 0.29) is 23.0 Å². The highest BCUT2D eigenvalue weighted by molar-refractivity contribution is 7.91. The van der Waals surface area contributed by atoms with Crippen molar-refractivity contribution in [3.05, 3.63) is 57.0 Å². The number of hydrogen-bond acceptors (Lipinski definition) is 5. The van der Waals surface area contributed by atoms with Gasteiger partial charge in [-0.15, -0.1) is 0 Å². The minimum atomic E-state index is -3.82. The molecule has 0 aliphatic carbocycles. The number of nitrogens with zero attached hydrogens (tertiary/aromatic N) is 2. The average molecular weight is 350 g/mol. The molecule has 0 atom stereocenters. The van der Waals surface area contributed by atoms with Crippen molar-refractivity contribution in [2.75, 3.05) is 4.72 Å². The second-order valence-corrected chi connectivity index (χ2v) is 7.21. The van der Waals surface area contributed by atoms with E-state index in [1.54, 1.807) is 24.3 Å². The summed E-state index contributed by atoms with van der Waals surface area (Å²) in [5, 5.41) is 0. The zero-order valence-electron chi connectivity index (χ0n) is 13.5. The Morgan fingerprint density at radius 2 is 1.83 bits per heavy atom. The number of amides is 1. The predicted octanol–water partition coefficient (Wildman–Crippen LogP) is 0.438. The standard InChI is InChI=1S/C15H18N4O4S/c1-9-4-6-11(7-5-9)8-24(22,23)18-15-17-12(13(16)20)10(2)14(21)19(15)3/h4-7H,8H2,1-3H3,(H2,16,20)(H,17,18). The molecule has 3 N–H and O–H groups in total. The van der Waals surface area contributed by atoms with E-state index in [2.05, 4.69) is 9.71 Å². The van der Waals surface area contributed by atoms with Crippen LogP contribution in [0, 0.1) is 13.8 Å². The molecular weight excluding hydrogens is 332 g/mol. The Kier molecular flexibility index (Phi) is 4.74. The quantitative estimate of drug-likeness (QED) is 0.809. The van der Waals surface area contributed by atoms with Crippen LogP contribution in [0.1, 0.15) is 27.2 Å². The fraction of sp³-hybridized carbons (Fsp3) is 0.267. The van der Waals surface area contributed by atoms with Gasteiger partial charge in [0.05, 0.1) is 5.75 Å². The molecule has 1 heterocycles. The molecule has 1 amide bonds. The largest absolute Gasteiger partial charge is 0.364 e. The molecule has 9 heteroatoms. The molecule has 0 fully saturated rings. The number of aryl methyl sites for hydroxylation is 1. The van der Waals surface area contributed by atoms with Gasteiger partial charge in [-0.1, -0.05) is 29.8 Å². The van der Waals surface area contributed by atoms with Crippen molar-refractivity contribution >= 4 is 21.9 Å². The van der Waals surface area contributed by atoms with E-state index in [4.69, 9.17) is 5.73 Å². The molecule has 0 saturated heterocycles. The Bertz CT molecular complexity index is 947. The number of anilines is 1. The Labute approximate surface area is 139 Å². The molecule has 0 bridgehead atoms. The van der Waals surface area contributed by atoms with Crippen LogP contribution in [0.25, 0.3) is 0 Å². The topological polar surface area (TPSA) is 124 Å². The van der Waals surface area contributed by atoms with Crippen LogP contribution in [0.2, 0.25) is 0 Å². The second kappa shape index (κ2) is 6.44. The molecule has 24 heavy (non-hydrogen) atoms. The first-order chi connectivity index (χ1) is 11.1. The van der Waals surface area contributed by atoms with Crippen molar-refractivity contribution in [2.45, 2.75) is 19.6 Å². The summed E-state index contributed by atoms with van der Waals surface area (Å²) in [6, 6.07) is 7.00. The van der Waals surface area contributed by atoms with Gasteiger partial charge in [-0.2, -0.15) is 0 Å². The molecule has 0 aliphatic rings. The van der Waals surface area contributed by atoms with E-state index < -0.39 is 21.5 Å². The smallest absolute Gasteiger partial charge is 0.267 e. The number of carbonyl (C=O) groups excluding carboxylic acids is 1. The highest BCUT2D eigenvalue weighted by Gasteiger charge is 2.19. The number of sulfonamides is 1. The van der Waals surface area contributed by atoms with Crippen molar-refractivity contribution in [3.63, 3.8) is 0 Å². The highest BCUT2D eigenvalue weighted by atomic mass is 32.2. The third-order valence-corrected chi connectivity index (χ3v) is 4.68. The van der Waals surface area contributed by atoms with Crippen molar-refractivity contribution in [2.24, 2.45) is 12.8 Å². The van der Waals surface area contributed by atoms with Gasteiger partial charge in [-0.25, -0.2) is 13.4 Å². The Hall–Kier alpha value is -2.68. The maximum atomic E-state index is 12.3. The van der Waals surface area contributed by atoms with E-state index in [9.17, 15) is 18.0 Å². The van der Waals surface area contributed by atoms with Gasteiger partial charge in [0.2, 0.25) is 16.0 Å². The molecule has 2 rings (SSSR count). The summed E-state index contributed by atoms with van der Waals surface area (Å²) in [6.45, 7) is 3.30. The van der Waals surface area contributed by atoms with Gasteiger partial charge >= 0.3 is 0 Å². The van der Waals surface area contributed by atoms with Crippen molar-refractivity contribution in [1.82, 2.24) is 9.55 Å². The fourth-order valence-corrected chi connectivity index (χ4v) is 3.29. The molecule has 1 aromatic carbocycles. The molecule has 0 spiro atoms. The second-order valence-electron chi connectivity index (χ2n) is 5.48. The van der Waals surface area contributed by atoms with Crippen LogP contribution >= 0.6 is 0 Å². The number of carbonyl (C=O) groups is 1. The van der Waals surface area contributed by atoms with Crippen LogP contribution in [-0.4, -0.2) is 23.9 Å². The van der Waals surface area contributed by atoms with Gasteiger partial charge in [0, 0.05) is 12.6 Å². The van der Waals surface area contributed by atoms with E-state index >= 15 is 0 Å². The summed E-state index contributed by atoms with van der Waals surface area (Å²) in [7, 11) is -2.46.